The zero-order valence-corrected chi connectivity index (χ0v) is 12.9. The summed E-state index contributed by atoms with van der Waals surface area (Å²) in [6.45, 7) is 2.18. The van der Waals surface area contributed by atoms with E-state index in [1.54, 1.807) is 6.07 Å². The minimum atomic E-state index is -3.13. The maximum atomic E-state index is 11.5. The predicted molar refractivity (Wildman–Crippen MR) is 81.3 cm³/mol. The summed E-state index contributed by atoms with van der Waals surface area (Å²) in [5.41, 5.74) is 1.54. The molecule has 1 N–H and O–H groups in total. The average molecular weight is 313 g/mol. The van der Waals surface area contributed by atoms with Crippen LogP contribution in [0.5, 0.6) is 5.75 Å². The normalized spacial score (nSPS) is 16.6. The van der Waals surface area contributed by atoms with Gasteiger partial charge in [-0.2, -0.15) is 4.31 Å². The number of anilines is 2. The van der Waals surface area contributed by atoms with Gasteiger partial charge in [-0.05, 0) is 12.1 Å². The van der Waals surface area contributed by atoms with Crippen molar-refractivity contribution in [2.24, 2.45) is 0 Å². The fourth-order valence-electron chi connectivity index (χ4n) is 2.34. The molecular formula is C13H19N3O4S. The number of nitrogens with one attached hydrogen (secondary N) is 1. The zero-order chi connectivity index (χ0) is 15.5. The van der Waals surface area contributed by atoms with Crippen LogP contribution in [0.25, 0.3) is 0 Å². The molecule has 0 spiro atoms. The third-order valence-electron chi connectivity index (χ3n) is 3.47. The summed E-state index contributed by atoms with van der Waals surface area (Å²) in [5.74, 6) is 0.574. The van der Waals surface area contributed by atoms with Crippen LogP contribution in [0, 0.1) is 0 Å². The van der Waals surface area contributed by atoms with E-state index in [1.807, 2.05) is 12.1 Å². The number of nitrogens with zero attached hydrogens (tertiary/aromatic N) is 2. The van der Waals surface area contributed by atoms with Gasteiger partial charge in [0.2, 0.25) is 16.4 Å². The van der Waals surface area contributed by atoms with Crippen molar-refractivity contribution >= 4 is 27.8 Å². The van der Waals surface area contributed by atoms with Crippen LogP contribution in [0.3, 0.4) is 0 Å². The molecule has 0 unspecified atom stereocenters. The largest absolute Gasteiger partial charge is 0.494 e. The Bertz CT molecular complexity index is 610. The van der Waals surface area contributed by atoms with Gasteiger partial charge in [0.25, 0.3) is 0 Å². The van der Waals surface area contributed by atoms with Gasteiger partial charge in [0.1, 0.15) is 5.75 Å². The molecule has 8 heteroatoms. The zero-order valence-electron chi connectivity index (χ0n) is 12.1. The Morgan fingerprint density at radius 2 is 1.90 bits per heavy atom. The molecule has 1 amide bonds. The van der Waals surface area contributed by atoms with Crippen molar-refractivity contribution in [3.8, 4) is 5.75 Å². The molecule has 2 rings (SSSR count). The monoisotopic (exact) mass is 313 g/mol. The van der Waals surface area contributed by atoms with E-state index in [1.165, 1.54) is 17.7 Å². The maximum absolute atomic E-state index is 11.5. The molecule has 7 nitrogen and oxygen atoms in total. The first kappa shape index (κ1) is 15.6. The molecule has 0 radical (unpaired) electrons. The van der Waals surface area contributed by atoms with Crippen LogP contribution in [0.4, 0.5) is 11.4 Å². The Balaban J connectivity index is 2.12. The number of ether oxygens (including phenoxy) is 1. The summed E-state index contributed by atoms with van der Waals surface area (Å²) in [7, 11) is -1.59. The first-order valence-corrected chi connectivity index (χ1v) is 8.39. The van der Waals surface area contributed by atoms with Crippen LogP contribution in [0.15, 0.2) is 18.2 Å². The van der Waals surface area contributed by atoms with Gasteiger partial charge in [-0.3, -0.25) is 4.79 Å². The van der Waals surface area contributed by atoms with E-state index in [-0.39, 0.29) is 0 Å². The van der Waals surface area contributed by atoms with E-state index in [9.17, 15) is 13.2 Å². The Kier molecular flexibility index (Phi) is 4.69. The van der Waals surface area contributed by atoms with Crippen molar-refractivity contribution in [1.82, 2.24) is 4.31 Å². The summed E-state index contributed by atoms with van der Waals surface area (Å²) in [5, 5.41) is 2.57. The van der Waals surface area contributed by atoms with Gasteiger partial charge in [0, 0.05) is 37.9 Å². The van der Waals surface area contributed by atoms with Gasteiger partial charge in [-0.25, -0.2) is 8.42 Å². The van der Waals surface area contributed by atoms with Crippen molar-refractivity contribution in [3.05, 3.63) is 18.2 Å². The Morgan fingerprint density at radius 3 is 2.43 bits per heavy atom. The number of piperazine rings is 1. The first-order chi connectivity index (χ1) is 9.95. The topological polar surface area (TPSA) is 79.0 Å². The molecule has 21 heavy (non-hydrogen) atoms. The molecule has 1 aliphatic heterocycles. The highest BCUT2D eigenvalue weighted by molar-refractivity contribution is 7.88. The molecule has 1 aliphatic rings. The summed E-state index contributed by atoms with van der Waals surface area (Å²) in [6, 6.07) is 5.48. The summed E-state index contributed by atoms with van der Waals surface area (Å²) in [6.07, 6.45) is 1.83. The Hall–Kier alpha value is -1.80. The molecule has 116 valence electrons. The second kappa shape index (κ2) is 6.31. The number of amides is 1. The molecular weight excluding hydrogens is 294 g/mol. The predicted octanol–water partition coefficient (Wildman–Crippen LogP) is 0.345. The summed E-state index contributed by atoms with van der Waals surface area (Å²) < 4.78 is 29.7. The lowest BCUT2D eigenvalue weighted by atomic mass is 10.2. The molecule has 1 heterocycles. The van der Waals surface area contributed by atoms with Crippen molar-refractivity contribution < 1.29 is 17.9 Å². The third kappa shape index (κ3) is 3.64. The molecule has 1 saturated heterocycles. The summed E-state index contributed by atoms with van der Waals surface area (Å²) in [4.78, 5) is 12.6. The maximum Gasteiger partial charge on any atom is 0.211 e. The van der Waals surface area contributed by atoms with E-state index in [2.05, 4.69) is 10.2 Å². The SMILES string of the molecule is COc1cc(N2CCN(S(C)(=O)=O)CC2)ccc1NC=O. The standard InChI is InChI=1S/C13H19N3O4S/c1-20-13-9-11(3-4-12(13)14-10-17)15-5-7-16(8-6-15)21(2,18)19/h3-4,9-10H,5-8H2,1-2H3,(H,14,17). The van der Waals surface area contributed by atoms with Crippen LogP contribution in [-0.2, 0) is 14.8 Å². The van der Waals surface area contributed by atoms with Crippen LogP contribution in [-0.4, -0.2) is 58.7 Å². The van der Waals surface area contributed by atoms with Crippen LogP contribution in [0.1, 0.15) is 0 Å². The van der Waals surface area contributed by atoms with Crippen molar-refractivity contribution in [2.45, 2.75) is 0 Å². The Labute approximate surface area is 124 Å². The van der Waals surface area contributed by atoms with Crippen molar-refractivity contribution in [2.75, 3.05) is 49.8 Å². The quantitative estimate of drug-likeness (QED) is 0.793. The lowest BCUT2D eigenvalue weighted by molar-refractivity contribution is -0.105. The molecule has 0 bridgehead atoms. The smallest absolute Gasteiger partial charge is 0.211 e. The number of hydrogen-bond donors (Lipinski definition) is 1. The van der Waals surface area contributed by atoms with Gasteiger partial charge in [-0.1, -0.05) is 0 Å². The number of rotatable bonds is 5. The van der Waals surface area contributed by atoms with Crippen LogP contribution < -0.4 is 15.0 Å². The highest BCUT2D eigenvalue weighted by Crippen LogP contribution is 2.30. The lowest BCUT2D eigenvalue weighted by Crippen LogP contribution is -2.48. The van der Waals surface area contributed by atoms with Gasteiger partial charge < -0.3 is 15.0 Å². The molecule has 0 aromatic heterocycles. The third-order valence-corrected chi connectivity index (χ3v) is 4.78. The highest BCUT2D eigenvalue weighted by atomic mass is 32.2. The number of carbonyl (C=O) groups excluding carboxylic acids is 1. The Morgan fingerprint density at radius 1 is 1.24 bits per heavy atom. The van der Waals surface area contributed by atoms with E-state index in [4.69, 9.17) is 4.74 Å². The minimum Gasteiger partial charge on any atom is -0.494 e. The van der Waals surface area contributed by atoms with Gasteiger partial charge in [-0.15, -0.1) is 0 Å². The van der Waals surface area contributed by atoms with Gasteiger partial charge >= 0.3 is 0 Å². The second-order valence-electron chi connectivity index (χ2n) is 4.80. The highest BCUT2D eigenvalue weighted by Gasteiger charge is 2.23. The molecule has 0 atom stereocenters. The average Bonchev–Trinajstić information content (AvgIpc) is 2.47. The van der Waals surface area contributed by atoms with E-state index in [0.29, 0.717) is 44.0 Å². The first-order valence-electron chi connectivity index (χ1n) is 6.54. The van der Waals surface area contributed by atoms with Crippen molar-refractivity contribution in [1.29, 1.82) is 0 Å². The molecule has 0 aliphatic carbocycles. The van der Waals surface area contributed by atoms with Crippen LogP contribution >= 0.6 is 0 Å². The molecule has 1 aromatic rings. The lowest BCUT2D eigenvalue weighted by Gasteiger charge is -2.35. The number of benzene rings is 1. The van der Waals surface area contributed by atoms with Crippen LogP contribution in [0.2, 0.25) is 0 Å². The molecule has 0 saturated carbocycles. The number of hydrogen-bond acceptors (Lipinski definition) is 5. The molecule has 1 fully saturated rings. The van der Waals surface area contributed by atoms with E-state index >= 15 is 0 Å². The summed E-state index contributed by atoms with van der Waals surface area (Å²) >= 11 is 0. The van der Waals surface area contributed by atoms with E-state index in [0.717, 1.165) is 5.69 Å². The van der Waals surface area contributed by atoms with Gasteiger partial charge in [0.15, 0.2) is 0 Å². The number of methoxy groups -OCH3 is 1. The van der Waals surface area contributed by atoms with Gasteiger partial charge in [0.05, 0.1) is 19.1 Å². The number of carbonyl (C=O) groups is 1. The number of sulfonamides is 1. The molecule has 1 aromatic carbocycles. The van der Waals surface area contributed by atoms with Crippen molar-refractivity contribution in [3.63, 3.8) is 0 Å². The van der Waals surface area contributed by atoms with E-state index < -0.39 is 10.0 Å². The fraction of sp³-hybridized carbons (Fsp3) is 0.462. The fourth-order valence-corrected chi connectivity index (χ4v) is 3.16. The minimum absolute atomic E-state index is 0.468. The second-order valence-corrected chi connectivity index (χ2v) is 6.78.